The first kappa shape index (κ1) is 16.3. The van der Waals surface area contributed by atoms with Gasteiger partial charge < -0.3 is 9.47 Å². The smallest absolute Gasteiger partial charge is 0.227 e. The molecule has 2 aromatic carbocycles. The second-order valence-electron chi connectivity index (χ2n) is 6.47. The van der Waals surface area contributed by atoms with Crippen LogP contribution < -0.4 is 4.90 Å². The van der Waals surface area contributed by atoms with Crippen LogP contribution in [0.4, 0.5) is 5.69 Å². The molecule has 0 spiro atoms. The molecule has 1 unspecified atom stereocenters. The molecule has 1 fully saturated rings. The molecule has 4 rings (SSSR count). The average molecular weight is 398 g/mol. The van der Waals surface area contributed by atoms with Crippen LogP contribution in [0.25, 0.3) is 11.0 Å². The molecule has 2 heterocycles. The molecule has 25 heavy (non-hydrogen) atoms. The van der Waals surface area contributed by atoms with Gasteiger partial charge in [-0.3, -0.25) is 4.79 Å². The Labute approximate surface area is 155 Å². The number of aromatic nitrogens is 2. The topological polar surface area (TPSA) is 38.1 Å². The van der Waals surface area contributed by atoms with Gasteiger partial charge in [0.1, 0.15) is 5.82 Å². The van der Waals surface area contributed by atoms with Gasteiger partial charge >= 0.3 is 0 Å². The summed E-state index contributed by atoms with van der Waals surface area (Å²) in [6.07, 6.45) is 1.55. The van der Waals surface area contributed by atoms with E-state index in [1.165, 1.54) is 0 Å². The number of carbonyl (C=O) groups excluding carboxylic acids is 1. The third kappa shape index (κ3) is 2.86. The molecule has 1 saturated heterocycles. The lowest BCUT2D eigenvalue weighted by molar-refractivity contribution is -0.117. The monoisotopic (exact) mass is 397 g/mol. The molecule has 3 aromatic rings. The predicted molar refractivity (Wildman–Crippen MR) is 104 cm³/mol. The largest absolute Gasteiger partial charge is 0.328 e. The number of amides is 1. The number of aryl methyl sites for hydroxylation is 1. The standard InChI is InChI=1S/C20H20BrN3O/c1-2-11-23-18-10-6-4-8-16(18)22-20(23)14-12-19(25)24(13-14)17-9-5-3-7-15(17)21/h3-10,14H,2,11-13H2,1H3. The SMILES string of the molecule is CCCn1c(C2CC(=O)N(c3ccccc3Br)C2)nc2ccccc21. The highest BCUT2D eigenvalue weighted by Crippen LogP contribution is 2.36. The van der Waals surface area contributed by atoms with Crippen molar-refractivity contribution in [2.24, 2.45) is 0 Å². The number of anilines is 1. The molecule has 0 radical (unpaired) electrons. The van der Waals surface area contributed by atoms with Gasteiger partial charge in [0.25, 0.3) is 0 Å². The van der Waals surface area contributed by atoms with Gasteiger partial charge in [-0.15, -0.1) is 0 Å². The lowest BCUT2D eigenvalue weighted by Crippen LogP contribution is -2.24. The number of hydrogen-bond acceptors (Lipinski definition) is 2. The average Bonchev–Trinajstić information content (AvgIpc) is 3.17. The van der Waals surface area contributed by atoms with Crippen molar-refractivity contribution in [3.63, 3.8) is 0 Å². The summed E-state index contributed by atoms with van der Waals surface area (Å²) in [6.45, 7) is 3.77. The van der Waals surface area contributed by atoms with E-state index in [4.69, 9.17) is 4.98 Å². The Morgan fingerprint density at radius 2 is 1.92 bits per heavy atom. The number of hydrogen-bond donors (Lipinski definition) is 0. The highest BCUT2D eigenvalue weighted by molar-refractivity contribution is 9.10. The third-order valence-corrected chi connectivity index (χ3v) is 5.44. The van der Waals surface area contributed by atoms with Crippen LogP contribution in [0.15, 0.2) is 53.0 Å². The summed E-state index contributed by atoms with van der Waals surface area (Å²) >= 11 is 3.56. The first-order chi connectivity index (χ1) is 12.2. The molecule has 1 aliphatic rings. The first-order valence-corrected chi connectivity index (χ1v) is 9.48. The molecule has 1 aliphatic heterocycles. The summed E-state index contributed by atoms with van der Waals surface area (Å²) in [7, 11) is 0. The third-order valence-electron chi connectivity index (χ3n) is 4.76. The normalized spacial score (nSPS) is 17.6. The van der Waals surface area contributed by atoms with E-state index in [2.05, 4.69) is 33.5 Å². The van der Waals surface area contributed by atoms with Gasteiger partial charge in [-0.25, -0.2) is 4.98 Å². The summed E-state index contributed by atoms with van der Waals surface area (Å²) in [5.74, 6) is 1.32. The Hall–Kier alpha value is -2.14. The molecular weight excluding hydrogens is 378 g/mol. The van der Waals surface area contributed by atoms with E-state index in [1.54, 1.807) is 0 Å². The number of nitrogens with zero attached hydrogens (tertiary/aromatic N) is 3. The second-order valence-corrected chi connectivity index (χ2v) is 7.32. The molecule has 0 aliphatic carbocycles. The highest BCUT2D eigenvalue weighted by atomic mass is 79.9. The Morgan fingerprint density at radius 3 is 2.72 bits per heavy atom. The van der Waals surface area contributed by atoms with Crippen molar-refractivity contribution in [1.29, 1.82) is 0 Å². The molecule has 1 atom stereocenters. The molecule has 0 N–H and O–H groups in total. The number of halogens is 1. The Bertz CT molecular complexity index is 934. The van der Waals surface area contributed by atoms with Crippen molar-refractivity contribution >= 4 is 38.6 Å². The van der Waals surface area contributed by atoms with E-state index in [0.29, 0.717) is 13.0 Å². The molecule has 0 saturated carbocycles. The van der Waals surface area contributed by atoms with Crippen LogP contribution in [-0.4, -0.2) is 22.0 Å². The fourth-order valence-electron chi connectivity index (χ4n) is 3.65. The van der Waals surface area contributed by atoms with Crippen LogP contribution in [-0.2, 0) is 11.3 Å². The Morgan fingerprint density at radius 1 is 1.16 bits per heavy atom. The minimum Gasteiger partial charge on any atom is -0.328 e. The van der Waals surface area contributed by atoms with E-state index in [-0.39, 0.29) is 11.8 Å². The lowest BCUT2D eigenvalue weighted by Gasteiger charge is -2.18. The van der Waals surface area contributed by atoms with Crippen molar-refractivity contribution in [1.82, 2.24) is 9.55 Å². The van der Waals surface area contributed by atoms with Gasteiger partial charge in [-0.1, -0.05) is 31.2 Å². The number of fused-ring (bicyclic) bond motifs is 1. The zero-order chi connectivity index (χ0) is 17.4. The van der Waals surface area contributed by atoms with Crippen molar-refractivity contribution in [2.45, 2.75) is 32.2 Å². The lowest BCUT2D eigenvalue weighted by atomic mass is 10.1. The van der Waals surface area contributed by atoms with Crippen LogP contribution in [0.2, 0.25) is 0 Å². The van der Waals surface area contributed by atoms with Gasteiger partial charge in [0, 0.05) is 29.9 Å². The maximum Gasteiger partial charge on any atom is 0.227 e. The minimum atomic E-state index is 0.124. The van der Waals surface area contributed by atoms with E-state index < -0.39 is 0 Å². The second kappa shape index (κ2) is 6.64. The first-order valence-electron chi connectivity index (χ1n) is 8.69. The summed E-state index contributed by atoms with van der Waals surface area (Å²) in [6, 6.07) is 16.1. The van der Waals surface area contributed by atoms with Crippen LogP contribution in [0.1, 0.15) is 31.5 Å². The van der Waals surface area contributed by atoms with Crippen molar-refractivity contribution in [3.8, 4) is 0 Å². The van der Waals surface area contributed by atoms with E-state index >= 15 is 0 Å². The number of rotatable bonds is 4. The van der Waals surface area contributed by atoms with Crippen LogP contribution in [0.5, 0.6) is 0 Å². The maximum atomic E-state index is 12.7. The van der Waals surface area contributed by atoms with Crippen molar-refractivity contribution in [3.05, 3.63) is 58.8 Å². The molecular formula is C20H20BrN3O. The minimum absolute atomic E-state index is 0.124. The van der Waals surface area contributed by atoms with Crippen LogP contribution >= 0.6 is 15.9 Å². The van der Waals surface area contributed by atoms with Gasteiger partial charge in [0.05, 0.1) is 16.7 Å². The van der Waals surface area contributed by atoms with E-state index in [1.807, 2.05) is 47.4 Å². The number of imidazole rings is 1. The molecule has 128 valence electrons. The fourth-order valence-corrected chi connectivity index (χ4v) is 4.15. The molecule has 0 bridgehead atoms. The highest BCUT2D eigenvalue weighted by Gasteiger charge is 2.35. The number of benzene rings is 2. The zero-order valence-electron chi connectivity index (χ0n) is 14.2. The summed E-state index contributed by atoms with van der Waals surface area (Å²) in [4.78, 5) is 19.4. The Kier molecular flexibility index (Phi) is 4.34. The quantitative estimate of drug-likeness (QED) is 0.637. The van der Waals surface area contributed by atoms with Gasteiger partial charge in [0.2, 0.25) is 5.91 Å². The van der Waals surface area contributed by atoms with Crippen molar-refractivity contribution in [2.75, 3.05) is 11.4 Å². The number of carbonyl (C=O) groups is 1. The molecule has 4 nitrogen and oxygen atoms in total. The number of para-hydroxylation sites is 3. The van der Waals surface area contributed by atoms with Crippen molar-refractivity contribution < 1.29 is 4.79 Å². The predicted octanol–water partition coefficient (Wildman–Crippen LogP) is 4.73. The zero-order valence-corrected chi connectivity index (χ0v) is 15.7. The molecule has 1 amide bonds. The van der Waals surface area contributed by atoms with Gasteiger partial charge in [0.15, 0.2) is 0 Å². The van der Waals surface area contributed by atoms with Crippen LogP contribution in [0, 0.1) is 0 Å². The fraction of sp³-hybridized carbons (Fsp3) is 0.300. The van der Waals surface area contributed by atoms with E-state index in [0.717, 1.165) is 40.0 Å². The van der Waals surface area contributed by atoms with E-state index in [9.17, 15) is 4.79 Å². The van der Waals surface area contributed by atoms with Gasteiger partial charge in [-0.05, 0) is 46.6 Å². The van der Waals surface area contributed by atoms with Gasteiger partial charge in [-0.2, -0.15) is 0 Å². The molecule has 1 aromatic heterocycles. The summed E-state index contributed by atoms with van der Waals surface area (Å²) in [5, 5.41) is 0. The van der Waals surface area contributed by atoms with Crippen LogP contribution in [0.3, 0.4) is 0 Å². The molecule has 5 heteroatoms. The maximum absolute atomic E-state index is 12.7. The summed E-state index contributed by atoms with van der Waals surface area (Å²) < 4.78 is 3.24. The Balaban J connectivity index is 1.72. The summed E-state index contributed by atoms with van der Waals surface area (Å²) in [5.41, 5.74) is 3.11.